The van der Waals surface area contributed by atoms with Crippen molar-refractivity contribution in [2.24, 2.45) is 5.92 Å². The summed E-state index contributed by atoms with van der Waals surface area (Å²) >= 11 is 13.0. The zero-order valence-corrected chi connectivity index (χ0v) is 23.8. The zero-order valence-electron chi connectivity index (χ0n) is 22.3. The fourth-order valence-electron chi connectivity index (χ4n) is 6.08. The molecule has 6 heteroatoms. The number of piperidine rings is 1. The van der Waals surface area contributed by atoms with Gasteiger partial charge in [-0.25, -0.2) is 0 Å². The number of aliphatic carboxylic acids is 1. The summed E-state index contributed by atoms with van der Waals surface area (Å²) in [6, 6.07) is 10.0. The largest absolute Gasteiger partial charge is 0.481 e. The fraction of sp³-hybridized carbons (Fsp3) is 0.438. The summed E-state index contributed by atoms with van der Waals surface area (Å²) in [5.74, 6) is -0.453. The van der Waals surface area contributed by atoms with Gasteiger partial charge in [-0.1, -0.05) is 58.6 Å². The van der Waals surface area contributed by atoms with Crippen LogP contribution in [0.1, 0.15) is 68.3 Å². The third kappa shape index (κ3) is 5.64. The molecule has 1 atom stereocenters. The maximum absolute atomic E-state index is 11.6. The van der Waals surface area contributed by atoms with E-state index in [9.17, 15) is 9.90 Å². The molecule has 2 aliphatic carbocycles. The number of aryl methyl sites for hydroxylation is 2. The number of nitrogens with zero attached hydrogens (tertiary/aromatic N) is 2. The molecule has 0 radical (unpaired) electrons. The Balaban J connectivity index is 1.24. The van der Waals surface area contributed by atoms with Crippen LogP contribution in [0.5, 0.6) is 0 Å². The van der Waals surface area contributed by atoms with Gasteiger partial charge in [0, 0.05) is 35.3 Å². The summed E-state index contributed by atoms with van der Waals surface area (Å²) in [6.07, 6.45) is 13.4. The van der Waals surface area contributed by atoms with Crippen molar-refractivity contribution >= 4 is 34.7 Å². The van der Waals surface area contributed by atoms with Crippen molar-refractivity contribution in [2.75, 3.05) is 19.6 Å². The first-order valence-electron chi connectivity index (χ1n) is 13.7. The molecule has 200 valence electrons. The standard InChI is InChI=1S/C32H36Cl2N2O2/c1-32(2,31(37)38)25-10-9-21(28(34)20-25)6-4-16-36-17-13-22(14-18-36)29-27-12-11-26(33)19-24(27)8-7-23-5-3-15-35-30(23)29/h3,5,9-11,15,19-20,27H,4,6-8,12-14,16-18H2,1-2H3,(H,37,38). The first-order chi connectivity index (χ1) is 18.2. The number of carboxylic acid groups (broad SMARTS) is 1. The SMILES string of the molecule is CC(C)(C(=O)O)c1ccc(CCCN2CCC(=C3c4ncccc4CCC4=CC(Cl)=CCC43)CC2)c(Cl)c1. The summed E-state index contributed by atoms with van der Waals surface area (Å²) in [4.78, 5) is 19.0. The second-order valence-electron chi connectivity index (χ2n) is 11.3. The van der Waals surface area contributed by atoms with E-state index >= 15 is 0 Å². The molecule has 2 heterocycles. The molecule has 4 nitrogen and oxygen atoms in total. The minimum absolute atomic E-state index is 0.395. The number of fused-ring (bicyclic) bond motifs is 2. The third-order valence-corrected chi connectivity index (χ3v) is 9.18. The molecule has 0 amide bonds. The predicted octanol–water partition coefficient (Wildman–Crippen LogP) is 7.59. The Morgan fingerprint density at radius 3 is 2.66 bits per heavy atom. The van der Waals surface area contributed by atoms with Crippen molar-refractivity contribution in [3.8, 4) is 0 Å². The molecule has 1 N–H and O–H groups in total. The van der Waals surface area contributed by atoms with Crippen LogP contribution >= 0.6 is 23.2 Å². The quantitative estimate of drug-likeness (QED) is 0.402. The number of carbonyl (C=O) groups is 1. The van der Waals surface area contributed by atoms with Gasteiger partial charge in [0.2, 0.25) is 0 Å². The van der Waals surface area contributed by atoms with Gasteiger partial charge in [0.1, 0.15) is 0 Å². The van der Waals surface area contributed by atoms with E-state index in [0.29, 0.717) is 10.9 Å². The van der Waals surface area contributed by atoms with Crippen LogP contribution in [0.25, 0.3) is 5.57 Å². The summed E-state index contributed by atoms with van der Waals surface area (Å²) < 4.78 is 0. The summed E-state index contributed by atoms with van der Waals surface area (Å²) in [5.41, 5.74) is 7.91. The fourth-order valence-corrected chi connectivity index (χ4v) is 6.58. The maximum atomic E-state index is 11.6. The van der Waals surface area contributed by atoms with E-state index in [4.69, 9.17) is 28.2 Å². The van der Waals surface area contributed by atoms with E-state index in [1.54, 1.807) is 19.4 Å². The lowest BCUT2D eigenvalue weighted by molar-refractivity contribution is -0.142. The van der Waals surface area contributed by atoms with Gasteiger partial charge >= 0.3 is 5.97 Å². The molecule has 1 aliphatic heterocycles. The Hall–Kier alpha value is -2.40. The molecule has 5 rings (SSSR count). The molecular weight excluding hydrogens is 515 g/mol. The van der Waals surface area contributed by atoms with E-state index in [1.165, 1.54) is 22.4 Å². The van der Waals surface area contributed by atoms with Crippen LogP contribution in [0.3, 0.4) is 0 Å². The maximum Gasteiger partial charge on any atom is 0.313 e. The van der Waals surface area contributed by atoms with Crippen molar-refractivity contribution in [1.29, 1.82) is 0 Å². The van der Waals surface area contributed by atoms with Crippen molar-refractivity contribution in [3.63, 3.8) is 0 Å². The van der Waals surface area contributed by atoms with Gasteiger partial charge in [0.15, 0.2) is 0 Å². The van der Waals surface area contributed by atoms with Crippen molar-refractivity contribution in [3.05, 3.63) is 92.3 Å². The summed E-state index contributed by atoms with van der Waals surface area (Å²) in [6.45, 7) is 6.57. The molecule has 0 spiro atoms. The van der Waals surface area contributed by atoms with Gasteiger partial charge in [0.25, 0.3) is 0 Å². The first kappa shape index (κ1) is 27.2. The Morgan fingerprint density at radius 2 is 1.92 bits per heavy atom. The first-order valence-corrected chi connectivity index (χ1v) is 14.5. The molecule has 2 aromatic rings. The van der Waals surface area contributed by atoms with E-state index in [0.717, 1.165) is 80.7 Å². The van der Waals surface area contributed by atoms with Crippen LogP contribution in [-0.2, 0) is 23.1 Å². The molecule has 0 bridgehead atoms. The molecular formula is C32H36Cl2N2O2. The van der Waals surface area contributed by atoms with Crippen molar-refractivity contribution in [2.45, 2.75) is 64.2 Å². The molecule has 38 heavy (non-hydrogen) atoms. The molecule has 0 saturated carbocycles. The van der Waals surface area contributed by atoms with Gasteiger partial charge in [-0.2, -0.15) is 0 Å². The van der Waals surface area contributed by atoms with E-state index in [2.05, 4.69) is 29.2 Å². The third-order valence-electron chi connectivity index (χ3n) is 8.57. The number of rotatable bonds is 6. The average Bonchev–Trinajstić information content (AvgIpc) is 3.06. The van der Waals surface area contributed by atoms with Crippen molar-refractivity contribution in [1.82, 2.24) is 9.88 Å². The smallest absolute Gasteiger partial charge is 0.313 e. The second-order valence-corrected chi connectivity index (χ2v) is 12.2. The number of aromatic nitrogens is 1. The number of likely N-dealkylation sites (tertiary alicyclic amines) is 1. The second kappa shape index (κ2) is 11.4. The molecule has 1 aromatic heterocycles. The number of pyridine rings is 1. The minimum Gasteiger partial charge on any atom is -0.481 e. The molecule has 1 unspecified atom stereocenters. The Kier molecular flexibility index (Phi) is 8.14. The number of carboxylic acids is 1. The van der Waals surface area contributed by atoms with Gasteiger partial charge in [-0.15, -0.1) is 0 Å². The normalized spacial score (nSPS) is 20.3. The highest BCUT2D eigenvalue weighted by atomic mass is 35.5. The van der Waals surface area contributed by atoms with Gasteiger partial charge in [-0.3, -0.25) is 9.78 Å². The summed E-state index contributed by atoms with van der Waals surface area (Å²) in [5, 5.41) is 11.0. The minimum atomic E-state index is -0.952. The van der Waals surface area contributed by atoms with Crippen LogP contribution in [0.4, 0.5) is 0 Å². The van der Waals surface area contributed by atoms with Crippen LogP contribution in [0, 0.1) is 5.92 Å². The van der Waals surface area contributed by atoms with Gasteiger partial charge in [0.05, 0.1) is 11.1 Å². The highest BCUT2D eigenvalue weighted by Gasteiger charge is 2.32. The highest BCUT2D eigenvalue weighted by molar-refractivity contribution is 6.31. The number of hydrogen-bond acceptors (Lipinski definition) is 3. The van der Waals surface area contributed by atoms with Gasteiger partial charge < -0.3 is 10.0 Å². The van der Waals surface area contributed by atoms with Crippen LogP contribution < -0.4 is 0 Å². The molecule has 1 aromatic carbocycles. The number of halogens is 2. The topological polar surface area (TPSA) is 53.4 Å². The number of benzene rings is 1. The lowest BCUT2D eigenvalue weighted by atomic mass is 9.79. The zero-order chi connectivity index (χ0) is 26.9. The van der Waals surface area contributed by atoms with Crippen LogP contribution in [-0.4, -0.2) is 40.6 Å². The molecule has 1 saturated heterocycles. The van der Waals surface area contributed by atoms with E-state index in [1.807, 2.05) is 24.4 Å². The van der Waals surface area contributed by atoms with Crippen LogP contribution in [0.2, 0.25) is 5.02 Å². The molecule has 1 fully saturated rings. The lowest BCUT2D eigenvalue weighted by Crippen LogP contribution is -2.32. The predicted molar refractivity (Wildman–Crippen MR) is 156 cm³/mol. The Labute approximate surface area is 236 Å². The number of allylic oxidation sites excluding steroid dienone is 5. The Morgan fingerprint density at radius 1 is 1.13 bits per heavy atom. The monoisotopic (exact) mass is 550 g/mol. The Bertz CT molecular complexity index is 1310. The average molecular weight is 552 g/mol. The van der Waals surface area contributed by atoms with Crippen LogP contribution in [0.15, 0.2) is 64.9 Å². The van der Waals surface area contributed by atoms with Crippen molar-refractivity contribution < 1.29 is 9.90 Å². The number of hydrogen-bond donors (Lipinski definition) is 1. The lowest BCUT2D eigenvalue weighted by Gasteiger charge is -2.32. The van der Waals surface area contributed by atoms with E-state index in [-0.39, 0.29) is 0 Å². The highest BCUT2D eigenvalue weighted by Crippen LogP contribution is 2.45. The summed E-state index contributed by atoms with van der Waals surface area (Å²) in [7, 11) is 0. The van der Waals surface area contributed by atoms with E-state index < -0.39 is 11.4 Å². The molecule has 3 aliphatic rings. The van der Waals surface area contributed by atoms with Gasteiger partial charge in [-0.05, 0) is 106 Å².